The second kappa shape index (κ2) is 11.4. The first-order valence-electron chi connectivity index (χ1n) is 10.8. The van der Waals surface area contributed by atoms with E-state index in [9.17, 15) is 13.6 Å². The fraction of sp³-hybridized carbons (Fsp3) is 0.269. The Hall–Kier alpha value is -2.80. The van der Waals surface area contributed by atoms with Gasteiger partial charge in [-0.3, -0.25) is 4.79 Å². The number of amides is 1. The molecule has 174 valence electrons. The number of hydrogen-bond donors (Lipinski definition) is 3. The van der Waals surface area contributed by atoms with E-state index in [0.717, 1.165) is 41.8 Å². The van der Waals surface area contributed by atoms with Crippen molar-refractivity contribution in [1.82, 2.24) is 16.0 Å². The van der Waals surface area contributed by atoms with Crippen LogP contribution in [0.15, 0.2) is 66.7 Å². The Morgan fingerprint density at radius 1 is 0.879 bits per heavy atom. The number of rotatable bonds is 7. The summed E-state index contributed by atoms with van der Waals surface area (Å²) in [5.74, 6) is -0.242. The van der Waals surface area contributed by atoms with E-state index in [1.54, 1.807) is 24.3 Å². The molecule has 3 aromatic carbocycles. The van der Waals surface area contributed by atoms with E-state index < -0.39 is 0 Å². The largest absolute Gasteiger partial charge is 0.350 e. The Bertz CT molecular complexity index is 1010. The topological polar surface area (TPSA) is 53.2 Å². The minimum absolute atomic E-state index is 0. The van der Waals surface area contributed by atoms with Crippen LogP contribution in [0.25, 0.3) is 22.3 Å². The minimum atomic E-state index is -0.318. The lowest BCUT2D eigenvalue weighted by molar-refractivity contribution is 0.0950. The predicted molar refractivity (Wildman–Crippen MR) is 131 cm³/mol. The number of benzene rings is 3. The number of hydrogen-bond acceptors (Lipinski definition) is 3. The molecule has 0 aromatic heterocycles. The molecule has 1 aliphatic heterocycles. The first-order valence-corrected chi connectivity index (χ1v) is 10.8. The molecule has 3 aromatic rings. The van der Waals surface area contributed by atoms with Gasteiger partial charge in [-0.2, -0.15) is 0 Å². The molecule has 1 saturated heterocycles. The molecule has 1 aliphatic rings. The van der Waals surface area contributed by atoms with Crippen molar-refractivity contribution < 1.29 is 13.6 Å². The highest BCUT2D eigenvalue weighted by Crippen LogP contribution is 2.29. The molecule has 0 spiro atoms. The summed E-state index contributed by atoms with van der Waals surface area (Å²) in [6.45, 7) is 2.44. The molecule has 7 heteroatoms. The molecular formula is C26H28ClF2N3O. The molecule has 1 fully saturated rings. The Morgan fingerprint density at radius 2 is 1.42 bits per heavy atom. The zero-order chi connectivity index (χ0) is 22.5. The van der Waals surface area contributed by atoms with Gasteiger partial charge in [-0.05, 0) is 97.2 Å². The highest BCUT2D eigenvalue weighted by Gasteiger charge is 2.24. The van der Waals surface area contributed by atoms with Crippen molar-refractivity contribution in [3.05, 3.63) is 83.9 Å². The van der Waals surface area contributed by atoms with E-state index in [4.69, 9.17) is 0 Å². The van der Waals surface area contributed by atoms with Gasteiger partial charge in [0.2, 0.25) is 0 Å². The van der Waals surface area contributed by atoms with Crippen LogP contribution in [-0.4, -0.2) is 38.6 Å². The molecule has 4 nitrogen and oxygen atoms in total. The van der Waals surface area contributed by atoms with Crippen LogP contribution >= 0.6 is 12.4 Å². The summed E-state index contributed by atoms with van der Waals surface area (Å²) in [7, 11) is 1.95. The lowest BCUT2D eigenvalue weighted by Crippen LogP contribution is -2.37. The van der Waals surface area contributed by atoms with Crippen molar-refractivity contribution in [1.29, 1.82) is 0 Å². The van der Waals surface area contributed by atoms with Gasteiger partial charge in [-0.25, -0.2) is 8.78 Å². The van der Waals surface area contributed by atoms with Crippen molar-refractivity contribution in [2.75, 3.05) is 26.7 Å². The summed E-state index contributed by atoms with van der Waals surface area (Å²) in [5.41, 5.74) is 3.71. The van der Waals surface area contributed by atoms with Gasteiger partial charge >= 0.3 is 0 Å². The fourth-order valence-electron chi connectivity index (χ4n) is 4.20. The second-order valence-corrected chi connectivity index (χ2v) is 8.29. The van der Waals surface area contributed by atoms with E-state index in [0.29, 0.717) is 18.0 Å². The Balaban J connectivity index is 0.00000306. The molecule has 1 heterocycles. The van der Waals surface area contributed by atoms with Gasteiger partial charge in [0.1, 0.15) is 11.6 Å². The van der Waals surface area contributed by atoms with Gasteiger partial charge in [0.05, 0.1) is 0 Å². The molecule has 0 saturated carbocycles. The van der Waals surface area contributed by atoms with Crippen LogP contribution in [0, 0.1) is 17.6 Å². The molecule has 4 rings (SSSR count). The Morgan fingerprint density at radius 3 is 1.94 bits per heavy atom. The predicted octanol–water partition coefficient (Wildman–Crippen LogP) is 4.65. The minimum Gasteiger partial charge on any atom is -0.350 e. The highest BCUT2D eigenvalue weighted by atomic mass is 35.5. The van der Waals surface area contributed by atoms with Crippen molar-refractivity contribution >= 4 is 18.3 Å². The van der Waals surface area contributed by atoms with Crippen molar-refractivity contribution in [3.8, 4) is 22.3 Å². The second-order valence-electron chi connectivity index (χ2n) is 8.29. The zero-order valence-electron chi connectivity index (χ0n) is 18.4. The third-order valence-corrected chi connectivity index (χ3v) is 5.87. The summed E-state index contributed by atoms with van der Waals surface area (Å²) in [4.78, 5) is 13.0. The standard InChI is InChI=1S/C26H27F2N3O.ClH/c1-29-14-17-10-25(30-15-17)16-31-26(32)22-12-20(18-2-6-23(27)7-3-18)11-21(13-22)19-4-8-24(28)9-5-19;/h2-9,11-13,17,25,29-30H,10,14-16H2,1H3,(H,31,32);1H/t17-,25+;/m1./s1. The highest BCUT2D eigenvalue weighted by molar-refractivity contribution is 5.97. The third kappa shape index (κ3) is 6.38. The molecule has 33 heavy (non-hydrogen) atoms. The number of carbonyl (C=O) groups is 1. The summed E-state index contributed by atoms with van der Waals surface area (Å²) < 4.78 is 26.8. The fourth-order valence-corrected chi connectivity index (χ4v) is 4.20. The number of nitrogens with one attached hydrogen (secondary N) is 3. The van der Waals surface area contributed by atoms with Crippen molar-refractivity contribution in [2.45, 2.75) is 12.5 Å². The van der Waals surface area contributed by atoms with E-state index in [1.807, 2.05) is 25.2 Å². The molecule has 0 aliphatic carbocycles. The van der Waals surface area contributed by atoms with E-state index >= 15 is 0 Å². The average molecular weight is 472 g/mol. The Labute approximate surface area is 199 Å². The van der Waals surface area contributed by atoms with E-state index in [-0.39, 0.29) is 36.0 Å². The third-order valence-electron chi connectivity index (χ3n) is 5.87. The summed E-state index contributed by atoms with van der Waals surface area (Å²) in [6.07, 6.45) is 1.01. The number of halogens is 3. The van der Waals surface area contributed by atoms with Crippen LogP contribution < -0.4 is 16.0 Å². The van der Waals surface area contributed by atoms with Gasteiger partial charge in [0.25, 0.3) is 5.91 Å². The maximum absolute atomic E-state index is 13.4. The van der Waals surface area contributed by atoms with Gasteiger partial charge in [0.15, 0.2) is 0 Å². The molecular weight excluding hydrogens is 444 g/mol. The maximum Gasteiger partial charge on any atom is 0.251 e. The molecule has 1 amide bonds. The smallest absolute Gasteiger partial charge is 0.251 e. The lowest BCUT2D eigenvalue weighted by atomic mass is 9.95. The SMILES string of the molecule is CNC[C@@H]1CN[C@H](CNC(=O)c2cc(-c3ccc(F)cc3)cc(-c3ccc(F)cc3)c2)C1.Cl. The van der Waals surface area contributed by atoms with Gasteiger partial charge < -0.3 is 16.0 Å². The summed E-state index contributed by atoms with van der Waals surface area (Å²) >= 11 is 0. The lowest BCUT2D eigenvalue weighted by Gasteiger charge is -2.14. The van der Waals surface area contributed by atoms with Gasteiger partial charge in [-0.1, -0.05) is 24.3 Å². The summed E-state index contributed by atoms with van der Waals surface area (Å²) in [6, 6.07) is 18.1. The normalized spacial score (nSPS) is 17.4. The van der Waals surface area contributed by atoms with Crippen LogP contribution in [-0.2, 0) is 0 Å². The first kappa shape index (κ1) is 24.8. The molecule has 0 bridgehead atoms. The van der Waals surface area contributed by atoms with Gasteiger partial charge in [-0.15, -0.1) is 12.4 Å². The average Bonchev–Trinajstić information content (AvgIpc) is 3.26. The van der Waals surface area contributed by atoms with Crippen molar-refractivity contribution in [3.63, 3.8) is 0 Å². The monoisotopic (exact) mass is 471 g/mol. The van der Waals surface area contributed by atoms with E-state index in [2.05, 4.69) is 16.0 Å². The molecule has 2 atom stereocenters. The van der Waals surface area contributed by atoms with Crippen LogP contribution in [0.4, 0.5) is 8.78 Å². The molecule has 3 N–H and O–H groups in total. The van der Waals surface area contributed by atoms with Crippen LogP contribution in [0.3, 0.4) is 0 Å². The number of carbonyl (C=O) groups excluding carboxylic acids is 1. The van der Waals surface area contributed by atoms with Gasteiger partial charge in [0, 0.05) is 18.2 Å². The van der Waals surface area contributed by atoms with Crippen LogP contribution in [0.1, 0.15) is 16.8 Å². The van der Waals surface area contributed by atoms with Crippen LogP contribution in [0.5, 0.6) is 0 Å². The molecule has 0 unspecified atom stereocenters. The first-order chi connectivity index (χ1) is 15.5. The van der Waals surface area contributed by atoms with Crippen molar-refractivity contribution in [2.24, 2.45) is 5.92 Å². The molecule has 0 radical (unpaired) electrons. The Kier molecular flexibility index (Phi) is 8.55. The van der Waals surface area contributed by atoms with Crippen LogP contribution in [0.2, 0.25) is 0 Å². The quantitative estimate of drug-likeness (QED) is 0.470. The van der Waals surface area contributed by atoms with E-state index in [1.165, 1.54) is 24.3 Å². The zero-order valence-corrected chi connectivity index (χ0v) is 19.2. The maximum atomic E-state index is 13.4. The summed E-state index contributed by atoms with van der Waals surface area (Å²) in [5, 5.41) is 9.69.